The van der Waals surface area contributed by atoms with Gasteiger partial charge in [0.05, 0.1) is 18.8 Å². The number of nitrogens with one attached hydrogen (secondary N) is 1. The normalized spacial score (nSPS) is 25.9. The zero-order valence-corrected chi connectivity index (χ0v) is 11.9. The molecule has 3 rings (SSSR count). The van der Waals surface area contributed by atoms with Crippen LogP contribution in [-0.2, 0) is 9.53 Å². The summed E-state index contributed by atoms with van der Waals surface area (Å²) in [6.45, 7) is 3.59. The molecular formula is C14H22N4O2. The van der Waals surface area contributed by atoms with E-state index in [4.69, 9.17) is 10.5 Å². The van der Waals surface area contributed by atoms with Gasteiger partial charge in [0.15, 0.2) is 0 Å². The fraction of sp³-hybridized carbons (Fsp3) is 0.714. The first kappa shape index (κ1) is 13.6. The average molecular weight is 278 g/mol. The van der Waals surface area contributed by atoms with Gasteiger partial charge in [-0.3, -0.25) is 4.79 Å². The number of hydrogen-bond acceptors (Lipinski definition) is 4. The van der Waals surface area contributed by atoms with Gasteiger partial charge in [-0.1, -0.05) is 12.8 Å². The van der Waals surface area contributed by atoms with Crippen LogP contribution < -0.4 is 5.73 Å². The first-order valence-corrected chi connectivity index (χ1v) is 7.29. The third-order valence-electron chi connectivity index (χ3n) is 4.35. The Morgan fingerprint density at radius 1 is 1.55 bits per heavy atom. The number of hydrogen-bond donors (Lipinski definition) is 2. The molecule has 1 aliphatic carbocycles. The fourth-order valence-corrected chi connectivity index (χ4v) is 3.18. The number of imidazole rings is 1. The molecule has 1 aromatic heterocycles. The minimum Gasteiger partial charge on any atom is -0.377 e. The maximum atomic E-state index is 12.8. The number of amides is 1. The van der Waals surface area contributed by atoms with Crippen LogP contribution in [0, 0.1) is 6.92 Å². The van der Waals surface area contributed by atoms with Gasteiger partial charge in [-0.05, 0) is 19.8 Å². The Bertz CT molecular complexity index is 493. The summed E-state index contributed by atoms with van der Waals surface area (Å²) < 4.78 is 5.53. The largest absolute Gasteiger partial charge is 0.377 e. The predicted molar refractivity (Wildman–Crippen MR) is 74.0 cm³/mol. The lowest BCUT2D eigenvalue weighted by molar-refractivity contribution is -0.146. The van der Waals surface area contributed by atoms with Gasteiger partial charge in [0.2, 0.25) is 5.91 Å². The summed E-state index contributed by atoms with van der Waals surface area (Å²) in [4.78, 5) is 22.2. The van der Waals surface area contributed by atoms with E-state index in [9.17, 15) is 4.79 Å². The SMILES string of the molecule is Cc1cnc([C@H]2COCCN2C(=O)C2(N)CCCC2)[nH]1. The van der Waals surface area contributed by atoms with E-state index in [0.29, 0.717) is 19.8 Å². The van der Waals surface area contributed by atoms with Crippen molar-refractivity contribution < 1.29 is 9.53 Å². The van der Waals surface area contributed by atoms with Gasteiger partial charge in [-0.2, -0.15) is 0 Å². The number of nitrogens with two attached hydrogens (primary N) is 1. The zero-order valence-electron chi connectivity index (χ0n) is 11.9. The lowest BCUT2D eigenvalue weighted by atomic mass is 9.96. The van der Waals surface area contributed by atoms with Crippen molar-refractivity contribution in [3.8, 4) is 0 Å². The Kier molecular flexibility index (Phi) is 3.52. The number of morpholine rings is 1. The van der Waals surface area contributed by atoms with Gasteiger partial charge in [0, 0.05) is 18.4 Å². The van der Waals surface area contributed by atoms with Crippen molar-refractivity contribution in [3.05, 3.63) is 17.7 Å². The van der Waals surface area contributed by atoms with Gasteiger partial charge >= 0.3 is 0 Å². The van der Waals surface area contributed by atoms with Crippen LogP contribution >= 0.6 is 0 Å². The number of carbonyl (C=O) groups is 1. The molecule has 6 nitrogen and oxygen atoms in total. The molecule has 0 bridgehead atoms. The third-order valence-corrected chi connectivity index (χ3v) is 4.35. The van der Waals surface area contributed by atoms with Crippen molar-refractivity contribution in [3.63, 3.8) is 0 Å². The van der Waals surface area contributed by atoms with Crippen molar-refractivity contribution in [2.24, 2.45) is 5.73 Å². The Labute approximate surface area is 118 Å². The highest BCUT2D eigenvalue weighted by Gasteiger charge is 2.43. The molecule has 0 spiro atoms. The molecule has 0 aromatic carbocycles. The maximum Gasteiger partial charge on any atom is 0.243 e. The van der Waals surface area contributed by atoms with Crippen LogP contribution in [0.15, 0.2) is 6.20 Å². The molecule has 1 saturated carbocycles. The molecule has 20 heavy (non-hydrogen) atoms. The minimum absolute atomic E-state index is 0.0531. The predicted octanol–water partition coefficient (Wildman–Crippen LogP) is 0.890. The molecule has 0 unspecified atom stereocenters. The highest BCUT2D eigenvalue weighted by molar-refractivity contribution is 5.86. The van der Waals surface area contributed by atoms with E-state index in [2.05, 4.69) is 9.97 Å². The van der Waals surface area contributed by atoms with Crippen molar-refractivity contribution in [1.82, 2.24) is 14.9 Å². The molecule has 6 heteroatoms. The van der Waals surface area contributed by atoms with Crippen LogP contribution in [0.2, 0.25) is 0 Å². The number of carbonyl (C=O) groups excluding carboxylic acids is 1. The van der Waals surface area contributed by atoms with Crippen LogP contribution in [0.25, 0.3) is 0 Å². The third kappa shape index (κ3) is 2.33. The molecule has 2 heterocycles. The van der Waals surface area contributed by atoms with Crippen LogP contribution in [0.1, 0.15) is 43.2 Å². The van der Waals surface area contributed by atoms with Crippen molar-refractivity contribution >= 4 is 5.91 Å². The van der Waals surface area contributed by atoms with E-state index < -0.39 is 5.54 Å². The summed E-state index contributed by atoms with van der Waals surface area (Å²) >= 11 is 0. The second kappa shape index (κ2) is 5.18. The van der Waals surface area contributed by atoms with Gasteiger partial charge in [-0.25, -0.2) is 4.98 Å². The summed E-state index contributed by atoms with van der Waals surface area (Å²) in [7, 11) is 0. The smallest absolute Gasteiger partial charge is 0.243 e. The lowest BCUT2D eigenvalue weighted by Crippen LogP contribution is -2.57. The van der Waals surface area contributed by atoms with E-state index in [1.54, 1.807) is 6.20 Å². The second-order valence-corrected chi connectivity index (χ2v) is 5.90. The second-order valence-electron chi connectivity index (χ2n) is 5.90. The monoisotopic (exact) mass is 278 g/mol. The number of aryl methyl sites for hydroxylation is 1. The van der Waals surface area contributed by atoms with Crippen LogP contribution in [0.4, 0.5) is 0 Å². The number of nitrogens with zero attached hydrogens (tertiary/aromatic N) is 2. The Morgan fingerprint density at radius 3 is 2.95 bits per heavy atom. The van der Waals surface area contributed by atoms with Crippen molar-refractivity contribution in [2.45, 2.75) is 44.2 Å². The molecular weight excluding hydrogens is 256 g/mol. The zero-order chi connectivity index (χ0) is 14.2. The quantitative estimate of drug-likeness (QED) is 0.841. The number of aromatic nitrogens is 2. The summed E-state index contributed by atoms with van der Waals surface area (Å²) in [6, 6.07) is -0.147. The minimum atomic E-state index is -0.683. The van der Waals surface area contributed by atoms with Crippen LogP contribution in [0.3, 0.4) is 0 Å². The summed E-state index contributed by atoms with van der Waals surface area (Å²) in [5.74, 6) is 0.842. The topological polar surface area (TPSA) is 84.2 Å². The van der Waals surface area contributed by atoms with E-state index in [-0.39, 0.29) is 11.9 Å². The fourth-order valence-electron chi connectivity index (χ4n) is 3.18. The van der Waals surface area contributed by atoms with Gasteiger partial charge in [-0.15, -0.1) is 0 Å². The highest BCUT2D eigenvalue weighted by atomic mass is 16.5. The Hall–Kier alpha value is -1.40. The standard InChI is InChI=1S/C14H22N4O2/c1-10-8-16-12(17-10)11-9-20-7-6-18(11)13(19)14(15)4-2-3-5-14/h8,11H,2-7,9,15H2,1H3,(H,16,17)/t11-/m1/s1. The van der Waals surface area contributed by atoms with E-state index in [1.165, 1.54) is 0 Å². The highest BCUT2D eigenvalue weighted by Crippen LogP contribution is 2.32. The van der Waals surface area contributed by atoms with E-state index >= 15 is 0 Å². The molecule has 1 aliphatic heterocycles. The lowest BCUT2D eigenvalue weighted by Gasteiger charge is -2.39. The number of H-pyrrole nitrogens is 1. The van der Waals surface area contributed by atoms with Crippen LogP contribution in [0.5, 0.6) is 0 Å². The van der Waals surface area contributed by atoms with Gasteiger partial charge in [0.25, 0.3) is 0 Å². The van der Waals surface area contributed by atoms with Crippen LogP contribution in [-0.4, -0.2) is 46.1 Å². The Balaban J connectivity index is 1.83. The van der Waals surface area contributed by atoms with Crippen molar-refractivity contribution in [2.75, 3.05) is 19.8 Å². The van der Waals surface area contributed by atoms with Gasteiger partial charge in [0.1, 0.15) is 11.9 Å². The molecule has 2 fully saturated rings. The molecule has 3 N–H and O–H groups in total. The number of aromatic amines is 1. The molecule has 1 aromatic rings. The van der Waals surface area contributed by atoms with Crippen molar-refractivity contribution in [1.29, 1.82) is 0 Å². The molecule has 1 amide bonds. The molecule has 2 aliphatic rings. The summed E-state index contributed by atoms with van der Waals surface area (Å²) in [5, 5.41) is 0. The molecule has 1 atom stereocenters. The average Bonchev–Trinajstić information content (AvgIpc) is 3.08. The molecule has 1 saturated heterocycles. The first-order chi connectivity index (χ1) is 9.60. The summed E-state index contributed by atoms with van der Waals surface area (Å²) in [6.07, 6.45) is 5.43. The molecule has 110 valence electrons. The Morgan fingerprint density at radius 2 is 2.30 bits per heavy atom. The number of ether oxygens (including phenoxy) is 1. The number of rotatable bonds is 2. The first-order valence-electron chi connectivity index (χ1n) is 7.29. The van der Waals surface area contributed by atoms with E-state index in [0.717, 1.165) is 37.2 Å². The van der Waals surface area contributed by atoms with E-state index in [1.807, 2.05) is 11.8 Å². The maximum absolute atomic E-state index is 12.8. The summed E-state index contributed by atoms with van der Waals surface area (Å²) in [5.41, 5.74) is 6.62. The molecule has 0 radical (unpaired) electrons. The van der Waals surface area contributed by atoms with Gasteiger partial charge < -0.3 is 20.4 Å².